The summed E-state index contributed by atoms with van der Waals surface area (Å²) in [4.78, 5) is 13.9. The normalized spacial score (nSPS) is 22.6. The maximum atomic E-state index is 12.2. The Balaban J connectivity index is 1.86. The molecule has 1 fully saturated rings. The molecule has 22 heavy (non-hydrogen) atoms. The van der Waals surface area contributed by atoms with E-state index >= 15 is 0 Å². The summed E-state index contributed by atoms with van der Waals surface area (Å²) in [6.07, 6.45) is -2.16. The van der Waals surface area contributed by atoms with Crippen LogP contribution in [0.1, 0.15) is 45.8 Å². The summed E-state index contributed by atoms with van der Waals surface area (Å²) in [5.41, 5.74) is 1.07. The average Bonchev–Trinajstić information content (AvgIpc) is 2.76. The van der Waals surface area contributed by atoms with Gasteiger partial charge in [0, 0.05) is 10.9 Å². The van der Waals surface area contributed by atoms with Crippen molar-refractivity contribution in [1.82, 2.24) is 5.32 Å². The van der Waals surface area contributed by atoms with E-state index in [0.29, 0.717) is 17.7 Å². The summed E-state index contributed by atoms with van der Waals surface area (Å²) in [6.45, 7) is 2.68. The van der Waals surface area contributed by atoms with E-state index in [4.69, 9.17) is 4.74 Å². The van der Waals surface area contributed by atoms with Crippen LogP contribution >= 0.6 is 11.3 Å². The lowest BCUT2D eigenvalue weighted by molar-refractivity contribution is -0.188. The van der Waals surface area contributed by atoms with Crippen LogP contribution < -0.4 is 5.32 Å². The molecule has 0 spiro atoms. The molecule has 7 heteroatoms. The van der Waals surface area contributed by atoms with Gasteiger partial charge in [0.1, 0.15) is 6.61 Å². The second kappa shape index (κ2) is 7.00. The minimum absolute atomic E-state index is 0.123. The maximum Gasteiger partial charge on any atom is 0.411 e. The number of hydrogen-bond donors (Lipinski definition) is 1. The van der Waals surface area contributed by atoms with Crippen LogP contribution in [0.25, 0.3) is 0 Å². The van der Waals surface area contributed by atoms with E-state index in [0.717, 1.165) is 23.3 Å². The van der Waals surface area contributed by atoms with Crippen LogP contribution in [-0.2, 0) is 4.74 Å². The van der Waals surface area contributed by atoms with E-state index in [2.05, 4.69) is 5.32 Å². The van der Waals surface area contributed by atoms with Gasteiger partial charge in [-0.3, -0.25) is 4.79 Å². The van der Waals surface area contributed by atoms with Gasteiger partial charge < -0.3 is 10.1 Å². The second-order valence-electron chi connectivity index (χ2n) is 5.74. The van der Waals surface area contributed by atoms with Gasteiger partial charge in [0.2, 0.25) is 0 Å². The molecule has 0 bridgehead atoms. The van der Waals surface area contributed by atoms with Crippen LogP contribution in [0.15, 0.2) is 6.07 Å². The number of thiophene rings is 1. The van der Waals surface area contributed by atoms with E-state index < -0.39 is 18.9 Å². The number of carbonyl (C=O) groups excluding carboxylic acids is 1. The van der Waals surface area contributed by atoms with Crippen LogP contribution in [0.4, 0.5) is 13.2 Å². The van der Waals surface area contributed by atoms with Crippen LogP contribution in [0.5, 0.6) is 0 Å². The van der Waals surface area contributed by atoms with Crippen LogP contribution in [0.3, 0.4) is 0 Å². The lowest BCUT2D eigenvalue weighted by Crippen LogP contribution is -2.40. The molecule has 1 aliphatic carbocycles. The molecule has 124 valence electrons. The molecular formula is C15H20F3NO2S. The van der Waals surface area contributed by atoms with Gasteiger partial charge in [-0.15, -0.1) is 11.3 Å². The van der Waals surface area contributed by atoms with Gasteiger partial charge in [-0.25, -0.2) is 0 Å². The highest BCUT2D eigenvalue weighted by Gasteiger charge is 2.31. The molecule has 3 nitrogen and oxygen atoms in total. The summed E-state index contributed by atoms with van der Waals surface area (Å²) in [6, 6.07) is 1.72. The number of ether oxygens (including phenoxy) is 1. The van der Waals surface area contributed by atoms with Crippen LogP contribution in [-0.4, -0.2) is 30.8 Å². The average molecular weight is 335 g/mol. The minimum atomic E-state index is -4.30. The van der Waals surface area contributed by atoms with Crippen molar-refractivity contribution in [2.75, 3.05) is 6.61 Å². The first-order valence-electron chi connectivity index (χ1n) is 7.31. The van der Waals surface area contributed by atoms with Gasteiger partial charge in [0.25, 0.3) is 5.91 Å². The number of carbonyl (C=O) groups is 1. The number of amides is 1. The standard InChI is InChI=1S/C15H20F3NO2S/c1-9-6-13(22-10(9)2)14(20)19-11-4-3-5-12(7-11)21-8-15(16,17)18/h6,11-12H,3-5,7-8H2,1-2H3,(H,19,20)/t11-,12-/m0/s1. The lowest BCUT2D eigenvalue weighted by Gasteiger charge is -2.29. The zero-order valence-electron chi connectivity index (χ0n) is 12.6. The first-order chi connectivity index (χ1) is 10.2. The highest BCUT2D eigenvalue weighted by Crippen LogP contribution is 2.25. The highest BCUT2D eigenvalue weighted by molar-refractivity contribution is 7.14. The molecule has 1 amide bonds. The van der Waals surface area contributed by atoms with Crippen LogP contribution in [0, 0.1) is 13.8 Å². The third kappa shape index (κ3) is 4.98. The van der Waals surface area contributed by atoms with Gasteiger partial charge in [0.15, 0.2) is 0 Å². The molecule has 0 unspecified atom stereocenters. The van der Waals surface area contributed by atoms with E-state index in [-0.39, 0.29) is 11.9 Å². The molecule has 1 aromatic heterocycles. The number of rotatable bonds is 4. The van der Waals surface area contributed by atoms with E-state index in [1.54, 1.807) is 0 Å². The summed E-state index contributed by atoms with van der Waals surface area (Å²) >= 11 is 1.43. The zero-order chi connectivity index (χ0) is 16.3. The fourth-order valence-corrected chi connectivity index (χ4v) is 3.52. The quantitative estimate of drug-likeness (QED) is 0.904. The van der Waals surface area contributed by atoms with E-state index in [1.807, 2.05) is 19.9 Å². The number of aryl methyl sites for hydroxylation is 2. The Morgan fingerprint density at radius 3 is 2.73 bits per heavy atom. The van der Waals surface area contributed by atoms with Crippen molar-refractivity contribution < 1.29 is 22.7 Å². The second-order valence-corrected chi connectivity index (χ2v) is 6.99. The Bertz CT molecular complexity index is 508. The van der Waals surface area contributed by atoms with Crippen molar-refractivity contribution in [2.24, 2.45) is 0 Å². The first-order valence-corrected chi connectivity index (χ1v) is 8.12. The van der Waals surface area contributed by atoms with Crippen molar-refractivity contribution in [3.63, 3.8) is 0 Å². The molecule has 0 radical (unpaired) electrons. The van der Waals surface area contributed by atoms with Crippen molar-refractivity contribution in [1.29, 1.82) is 0 Å². The van der Waals surface area contributed by atoms with E-state index in [1.165, 1.54) is 11.3 Å². The van der Waals surface area contributed by atoms with Crippen LogP contribution in [0.2, 0.25) is 0 Å². The summed E-state index contributed by atoms with van der Waals surface area (Å²) in [5, 5.41) is 2.91. The Morgan fingerprint density at radius 2 is 2.14 bits per heavy atom. The predicted octanol–water partition coefficient (Wildman–Crippen LogP) is 3.98. The topological polar surface area (TPSA) is 38.3 Å². The Morgan fingerprint density at radius 1 is 1.41 bits per heavy atom. The van der Waals surface area contributed by atoms with E-state index in [9.17, 15) is 18.0 Å². The molecule has 0 saturated heterocycles. The van der Waals surface area contributed by atoms with Crippen molar-refractivity contribution in [3.8, 4) is 0 Å². The molecule has 1 heterocycles. The molecule has 1 saturated carbocycles. The number of nitrogens with one attached hydrogen (secondary N) is 1. The molecule has 2 rings (SSSR count). The molecule has 1 aromatic rings. The largest absolute Gasteiger partial charge is 0.411 e. The highest BCUT2D eigenvalue weighted by atomic mass is 32.1. The van der Waals surface area contributed by atoms with Crippen molar-refractivity contribution >= 4 is 17.2 Å². The van der Waals surface area contributed by atoms with Gasteiger partial charge in [0.05, 0.1) is 11.0 Å². The monoisotopic (exact) mass is 335 g/mol. The Hall–Kier alpha value is -1.08. The fraction of sp³-hybridized carbons (Fsp3) is 0.667. The summed E-state index contributed by atoms with van der Waals surface area (Å²) in [7, 11) is 0. The molecule has 1 aliphatic rings. The fourth-order valence-electron chi connectivity index (χ4n) is 2.58. The lowest BCUT2D eigenvalue weighted by atomic mass is 9.92. The maximum absolute atomic E-state index is 12.2. The third-order valence-corrected chi connectivity index (χ3v) is 4.99. The van der Waals surface area contributed by atoms with Gasteiger partial charge >= 0.3 is 6.18 Å². The molecule has 0 aliphatic heterocycles. The molecule has 2 atom stereocenters. The number of halogens is 3. The van der Waals surface area contributed by atoms with Gasteiger partial charge in [-0.1, -0.05) is 0 Å². The number of hydrogen-bond acceptors (Lipinski definition) is 3. The summed E-state index contributed by atoms with van der Waals surface area (Å²) in [5.74, 6) is -0.150. The smallest absolute Gasteiger partial charge is 0.369 e. The number of alkyl halides is 3. The predicted molar refractivity (Wildman–Crippen MR) is 79.3 cm³/mol. The van der Waals surface area contributed by atoms with Crippen molar-refractivity contribution in [2.45, 2.75) is 57.9 Å². The third-order valence-electron chi connectivity index (χ3n) is 3.83. The van der Waals surface area contributed by atoms with Gasteiger partial charge in [-0.2, -0.15) is 13.2 Å². The minimum Gasteiger partial charge on any atom is -0.369 e. The zero-order valence-corrected chi connectivity index (χ0v) is 13.4. The SMILES string of the molecule is Cc1cc(C(=O)N[C@H]2CCC[C@H](OCC(F)(F)F)C2)sc1C. The van der Waals surface area contributed by atoms with Crippen molar-refractivity contribution in [3.05, 3.63) is 21.4 Å². The molecule has 1 N–H and O–H groups in total. The van der Waals surface area contributed by atoms with Gasteiger partial charge in [-0.05, 0) is 51.2 Å². The Kier molecular flexibility index (Phi) is 5.50. The molecular weight excluding hydrogens is 315 g/mol. The molecule has 0 aromatic carbocycles. The first kappa shape index (κ1) is 17.3. The Labute approximate surface area is 131 Å². The summed E-state index contributed by atoms with van der Waals surface area (Å²) < 4.78 is 41.5.